The van der Waals surface area contributed by atoms with Gasteiger partial charge in [0.05, 0.1) is 5.54 Å². The monoisotopic (exact) mass is 357 g/mol. The van der Waals surface area contributed by atoms with Gasteiger partial charge in [0.25, 0.3) is 0 Å². The largest absolute Gasteiger partial charge is 0.350 e. The van der Waals surface area contributed by atoms with E-state index >= 15 is 0 Å². The molecule has 3 rings (SSSR count). The second-order valence-electron chi connectivity index (χ2n) is 7.92. The first-order valence-corrected chi connectivity index (χ1v) is 10.0. The van der Waals surface area contributed by atoms with Gasteiger partial charge in [0.1, 0.15) is 0 Å². The van der Waals surface area contributed by atoms with Gasteiger partial charge in [-0.25, -0.2) is 0 Å². The zero-order valence-corrected chi connectivity index (χ0v) is 15.6. The molecule has 0 bridgehead atoms. The lowest BCUT2D eigenvalue weighted by Gasteiger charge is -2.31. The Morgan fingerprint density at radius 2 is 1.73 bits per heavy atom. The zero-order chi connectivity index (χ0) is 18.4. The molecule has 2 aliphatic rings. The van der Waals surface area contributed by atoms with Crippen molar-refractivity contribution in [2.45, 2.75) is 76.3 Å². The van der Waals surface area contributed by atoms with Crippen molar-refractivity contribution in [3.8, 4) is 0 Å². The van der Waals surface area contributed by atoms with E-state index in [0.717, 1.165) is 69.0 Å². The first-order chi connectivity index (χ1) is 12.6. The lowest BCUT2D eigenvalue weighted by atomic mass is 9.82. The fraction of sp³-hybridized carbons (Fsp3) is 0.619. The van der Waals surface area contributed by atoms with Crippen molar-refractivity contribution >= 4 is 17.5 Å². The molecule has 0 spiro atoms. The summed E-state index contributed by atoms with van der Waals surface area (Å²) >= 11 is 0. The molecule has 0 heterocycles. The average Bonchev–Trinajstić information content (AvgIpc) is 2.67. The average molecular weight is 357 g/mol. The van der Waals surface area contributed by atoms with Gasteiger partial charge in [-0.3, -0.25) is 9.59 Å². The van der Waals surface area contributed by atoms with Crippen LogP contribution in [0.25, 0.3) is 0 Å². The van der Waals surface area contributed by atoms with Crippen LogP contribution in [-0.4, -0.2) is 17.4 Å². The van der Waals surface area contributed by atoms with Crippen LogP contribution in [0.15, 0.2) is 24.3 Å². The molecule has 0 atom stereocenters. The number of hydrogen-bond donors (Lipinski definition) is 3. The van der Waals surface area contributed by atoms with E-state index in [4.69, 9.17) is 5.73 Å². The summed E-state index contributed by atoms with van der Waals surface area (Å²) in [6.45, 7) is 0.435. The molecule has 0 aromatic heterocycles. The molecule has 2 aliphatic carbocycles. The first kappa shape index (κ1) is 18.9. The maximum absolute atomic E-state index is 12.5. The molecule has 5 heteroatoms. The van der Waals surface area contributed by atoms with Crippen LogP contribution in [0.4, 0.5) is 5.69 Å². The Labute approximate surface area is 156 Å². The number of hydrogen-bond acceptors (Lipinski definition) is 3. The molecule has 1 aromatic carbocycles. The molecule has 0 unspecified atom stereocenters. The lowest BCUT2D eigenvalue weighted by molar-refractivity contribution is -0.127. The van der Waals surface area contributed by atoms with Crippen molar-refractivity contribution < 1.29 is 9.59 Å². The molecule has 2 saturated carbocycles. The molecule has 0 aliphatic heterocycles. The van der Waals surface area contributed by atoms with Crippen molar-refractivity contribution in [1.29, 1.82) is 0 Å². The topological polar surface area (TPSA) is 84.2 Å². The van der Waals surface area contributed by atoms with Crippen LogP contribution in [0.1, 0.15) is 69.8 Å². The number of carbonyl (C=O) groups is 2. The Morgan fingerprint density at radius 1 is 1.04 bits per heavy atom. The van der Waals surface area contributed by atoms with E-state index in [2.05, 4.69) is 10.6 Å². The number of nitrogens with two attached hydrogens (primary N) is 1. The zero-order valence-electron chi connectivity index (χ0n) is 15.6. The van der Waals surface area contributed by atoms with Crippen LogP contribution >= 0.6 is 0 Å². The molecule has 26 heavy (non-hydrogen) atoms. The van der Waals surface area contributed by atoms with E-state index in [1.807, 2.05) is 24.3 Å². The fourth-order valence-corrected chi connectivity index (χ4v) is 4.14. The Morgan fingerprint density at radius 3 is 2.46 bits per heavy atom. The second kappa shape index (κ2) is 8.67. The van der Waals surface area contributed by atoms with Gasteiger partial charge < -0.3 is 16.4 Å². The number of rotatable bonds is 5. The highest BCUT2D eigenvalue weighted by atomic mass is 16.2. The number of carbonyl (C=O) groups excluding carboxylic acids is 2. The van der Waals surface area contributed by atoms with Crippen molar-refractivity contribution in [3.63, 3.8) is 0 Å². The fourth-order valence-electron chi connectivity index (χ4n) is 4.14. The predicted molar refractivity (Wildman–Crippen MR) is 103 cm³/mol. The van der Waals surface area contributed by atoms with E-state index in [1.54, 1.807) is 0 Å². The van der Waals surface area contributed by atoms with Crippen molar-refractivity contribution in [3.05, 3.63) is 29.8 Å². The summed E-state index contributed by atoms with van der Waals surface area (Å²) in [6.07, 6.45) is 10.2. The summed E-state index contributed by atoms with van der Waals surface area (Å²) in [6, 6.07) is 7.71. The van der Waals surface area contributed by atoms with Crippen molar-refractivity contribution in [2.75, 3.05) is 5.32 Å². The first-order valence-electron chi connectivity index (χ1n) is 10.0. The number of benzene rings is 1. The molecule has 0 saturated heterocycles. The minimum Gasteiger partial charge on any atom is -0.350 e. The van der Waals surface area contributed by atoms with E-state index in [0.29, 0.717) is 6.54 Å². The van der Waals surface area contributed by atoms with E-state index in [-0.39, 0.29) is 17.7 Å². The SMILES string of the molecule is NC1(C(=O)NCc2cccc(NC(=O)C3CCCCC3)c2)CCCCC1. The van der Waals surface area contributed by atoms with E-state index in [1.165, 1.54) is 6.42 Å². The van der Waals surface area contributed by atoms with Gasteiger partial charge in [-0.1, -0.05) is 50.7 Å². The maximum Gasteiger partial charge on any atom is 0.240 e. The Bertz CT molecular complexity index is 632. The smallest absolute Gasteiger partial charge is 0.240 e. The van der Waals surface area contributed by atoms with Crippen LogP contribution < -0.4 is 16.4 Å². The third-order valence-corrected chi connectivity index (χ3v) is 5.82. The number of amides is 2. The number of anilines is 1. The van der Waals surface area contributed by atoms with E-state index in [9.17, 15) is 9.59 Å². The molecule has 2 amide bonds. The van der Waals surface area contributed by atoms with Crippen LogP contribution in [0.5, 0.6) is 0 Å². The lowest BCUT2D eigenvalue weighted by Crippen LogP contribution is -2.54. The molecule has 5 nitrogen and oxygen atoms in total. The highest BCUT2D eigenvalue weighted by molar-refractivity contribution is 5.92. The predicted octanol–water partition coefficient (Wildman–Crippen LogP) is 3.48. The van der Waals surface area contributed by atoms with E-state index < -0.39 is 5.54 Å². The quantitative estimate of drug-likeness (QED) is 0.754. The van der Waals surface area contributed by atoms with Gasteiger partial charge in [-0.05, 0) is 43.4 Å². The van der Waals surface area contributed by atoms with Crippen LogP contribution in [0.3, 0.4) is 0 Å². The van der Waals surface area contributed by atoms with Gasteiger partial charge in [-0.2, -0.15) is 0 Å². The van der Waals surface area contributed by atoms with Crippen molar-refractivity contribution in [1.82, 2.24) is 5.32 Å². The molecule has 0 radical (unpaired) electrons. The molecule has 142 valence electrons. The minimum absolute atomic E-state index is 0.0613. The Hall–Kier alpha value is -1.88. The second-order valence-corrected chi connectivity index (χ2v) is 7.92. The van der Waals surface area contributed by atoms with Crippen LogP contribution in [0.2, 0.25) is 0 Å². The normalized spacial score (nSPS) is 20.3. The summed E-state index contributed by atoms with van der Waals surface area (Å²) in [7, 11) is 0. The third-order valence-electron chi connectivity index (χ3n) is 5.82. The van der Waals surface area contributed by atoms with Gasteiger partial charge in [0.15, 0.2) is 0 Å². The summed E-state index contributed by atoms with van der Waals surface area (Å²) in [5.74, 6) is 0.193. The standard InChI is InChI=1S/C21H31N3O2/c22-21(12-5-2-6-13-21)20(26)23-15-16-8-7-11-18(14-16)24-19(25)17-9-3-1-4-10-17/h7-8,11,14,17H,1-6,9-10,12-13,15,22H2,(H,23,26)(H,24,25). The summed E-state index contributed by atoms with van der Waals surface area (Å²) < 4.78 is 0. The van der Waals surface area contributed by atoms with Crippen molar-refractivity contribution in [2.24, 2.45) is 11.7 Å². The molecule has 1 aromatic rings. The Kier molecular flexibility index (Phi) is 6.30. The third kappa shape index (κ3) is 4.85. The molecular weight excluding hydrogens is 326 g/mol. The Balaban J connectivity index is 1.53. The highest BCUT2D eigenvalue weighted by Crippen LogP contribution is 2.27. The highest BCUT2D eigenvalue weighted by Gasteiger charge is 2.34. The van der Waals surface area contributed by atoms with Gasteiger partial charge in [0.2, 0.25) is 11.8 Å². The summed E-state index contributed by atoms with van der Waals surface area (Å²) in [5.41, 5.74) is 7.33. The molecule has 2 fully saturated rings. The summed E-state index contributed by atoms with van der Waals surface area (Å²) in [5, 5.41) is 6.01. The van der Waals surface area contributed by atoms with Gasteiger partial charge in [-0.15, -0.1) is 0 Å². The van der Waals surface area contributed by atoms with Gasteiger partial charge >= 0.3 is 0 Å². The molecule has 4 N–H and O–H groups in total. The van der Waals surface area contributed by atoms with Crippen LogP contribution in [-0.2, 0) is 16.1 Å². The number of nitrogens with one attached hydrogen (secondary N) is 2. The maximum atomic E-state index is 12.5. The minimum atomic E-state index is -0.717. The van der Waals surface area contributed by atoms with Gasteiger partial charge in [0, 0.05) is 18.2 Å². The van der Waals surface area contributed by atoms with Crippen LogP contribution in [0, 0.1) is 5.92 Å². The summed E-state index contributed by atoms with van der Waals surface area (Å²) in [4.78, 5) is 24.9. The molecular formula is C21H31N3O2.